The van der Waals surface area contributed by atoms with Gasteiger partial charge in [-0.2, -0.15) is 0 Å². The molecule has 1 aromatic heterocycles. The molecule has 0 N–H and O–H groups in total. The van der Waals surface area contributed by atoms with Crippen molar-refractivity contribution < 1.29 is 0 Å². The molecular weight excluding hydrogens is 929 g/mol. The molecule has 15 rings (SSSR count). The molecule has 77 heavy (non-hydrogen) atoms. The van der Waals surface area contributed by atoms with Gasteiger partial charge < -0.3 is 9.47 Å². The third-order valence-electron chi connectivity index (χ3n) is 16.5. The number of anilines is 3. The fourth-order valence-electron chi connectivity index (χ4n) is 13.0. The molecule has 0 bridgehead atoms. The summed E-state index contributed by atoms with van der Waals surface area (Å²) in [5, 5.41) is 2.59. The highest BCUT2D eigenvalue weighted by Crippen LogP contribution is 2.63. The smallest absolute Gasteiger partial charge is 0.0726 e. The molecule has 0 atom stereocenters. The Kier molecular flexibility index (Phi) is 10.3. The number of para-hydroxylation sites is 1. The van der Waals surface area contributed by atoms with Crippen LogP contribution in [0.25, 0.3) is 94.3 Å². The van der Waals surface area contributed by atoms with Crippen molar-refractivity contribution >= 4 is 38.9 Å². The second-order valence-corrected chi connectivity index (χ2v) is 21.0. The maximum Gasteiger partial charge on any atom is 0.0726 e. The SMILES string of the molecule is Cc1ccc2c(c1)c1cc(C)ccc1n2-c1ccc(-c2ccc(-c3ccc(N(c4ccc5c(c4)C4(c6ccccc6-c6ccccc64)c4ccccc4-5)c4ccccc4-c4cccc(-c5ccccc5)c4)cc3)cc2)cc1. The van der Waals surface area contributed by atoms with Gasteiger partial charge in [0.05, 0.1) is 22.1 Å². The molecule has 0 radical (unpaired) electrons. The van der Waals surface area contributed by atoms with E-state index in [4.69, 9.17) is 0 Å². The highest BCUT2D eigenvalue weighted by molar-refractivity contribution is 6.10. The molecule has 0 aliphatic heterocycles. The van der Waals surface area contributed by atoms with E-state index < -0.39 is 5.41 Å². The molecule has 2 heteroatoms. The number of rotatable bonds is 8. The first kappa shape index (κ1) is 44.7. The average Bonchev–Trinajstić information content (AvgIpc) is 3.39. The number of aromatic nitrogens is 1. The first-order valence-electron chi connectivity index (χ1n) is 26.8. The maximum atomic E-state index is 2.50. The van der Waals surface area contributed by atoms with Crippen molar-refractivity contribution in [1.82, 2.24) is 4.57 Å². The summed E-state index contributed by atoms with van der Waals surface area (Å²) in [5.41, 5.74) is 29.0. The Balaban J connectivity index is 0.824. The average molecular weight is 981 g/mol. The molecule has 1 spiro atoms. The van der Waals surface area contributed by atoms with Gasteiger partial charge in [-0.15, -0.1) is 0 Å². The molecule has 1 heterocycles. The highest BCUT2D eigenvalue weighted by Gasteiger charge is 2.51. The van der Waals surface area contributed by atoms with Crippen molar-refractivity contribution in [3.63, 3.8) is 0 Å². The maximum absolute atomic E-state index is 2.50. The second-order valence-electron chi connectivity index (χ2n) is 21.0. The van der Waals surface area contributed by atoms with E-state index in [-0.39, 0.29) is 0 Å². The molecule has 0 unspecified atom stereocenters. The van der Waals surface area contributed by atoms with Crippen LogP contribution in [0.15, 0.2) is 279 Å². The lowest BCUT2D eigenvalue weighted by molar-refractivity contribution is 0.793. The number of hydrogen-bond acceptors (Lipinski definition) is 1. The van der Waals surface area contributed by atoms with Crippen molar-refractivity contribution in [2.24, 2.45) is 0 Å². The third-order valence-corrected chi connectivity index (χ3v) is 16.5. The lowest BCUT2D eigenvalue weighted by Crippen LogP contribution is -2.26. The topological polar surface area (TPSA) is 8.17 Å². The van der Waals surface area contributed by atoms with Gasteiger partial charge in [-0.1, -0.05) is 217 Å². The number of fused-ring (bicyclic) bond motifs is 13. The molecule has 0 saturated carbocycles. The van der Waals surface area contributed by atoms with E-state index in [0.717, 1.165) is 28.3 Å². The van der Waals surface area contributed by atoms with Gasteiger partial charge in [-0.3, -0.25) is 0 Å². The van der Waals surface area contributed by atoms with E-state index in [9.17, 15) is 0 Å². The molecule has 2 aliphatic carbocycles. The minimum atomic E-state index is -0.465. The fraction of sp³-hybridized carbons (Fsp3) is 0.0400. The van der Waals surface area contributed by atoms with E-state index in [2.05, 4.69) is 302 Å². The van der Waals surface area contributed by atoms with Crippen LogP contribution in [0.2, 0.25) is 0 Å². The number of aryl methyl sites for hydroxylation is 2. The van der Waals surface area contributed by atoms with E-state index in [1.807, 2.05) is 0 Å². The van der Waals surface area contributed by atoms with Crippen molar-refractivity contribution in [3.05, 3.63) is 312 Å². The molecule has 362 valence electrons. The largest absolute Gasteiger partial charge is 0.310 e. The Morgan fingerprint density at radius 2 is 0.714 bits per heavy atom. The van der Waals surface area contributed by atoms with E-state index in [1.165, 1.54) is 116 Å². The Hall–Kier alpha value is -9.76. The van der Waals surface area contributed by atoms with Gasteiger partial charge in [0.15, 0.2) is 0 Å². The first-order valence-corrected chi connectivity index (χ1v) is 26.8. The third kappa shape index (κ3) is 7.03. The van der Waals surface area contributed by atoms with Crippen LogP contribution in [0.4, 0.5) is 17.1 Å². The van der Waals surface area contributed by atoms with Crippen LogP contribution in [0, 0.1) is 13.8 Å². The van der Waals surface area contributed by atoms with Crippen molar-refractivity contribution in [1.29, 1.82) is 0 Å². The van der Waals surface area contributed by atoms with Crippen molar-refractivity contribution in [2.75, 3.05) is 4.90 Å². The molecule has 13 aromatic rings. The summed E-state index contributed by atoms with van der Waals surface area (Å²) in [7, 11) is 0. The van der Waals surface area contributed by atoms with Gasteiger partial charge in [-0.25, -0.2) is 0 Å². The van der Waals surface area contributed by atoms with Crippen LogP contribution in [0.5, 0.6) is 0 Å². The molecule has 0 saturated heterocycles. The quantitative estimate of drug-likeness (QED) is 0.147. The molecular formula is C75H52N2. The monoisotopic (exact) mass is 980 g/mol. The predicted octanol–water partition coefficient (Wildman–Crippen LogP) is 19.9. The van der Waals surface area contributed by atoms with Crippen LogP contribution < -0.4 is 4.90 Å². The van der Waals surface area contributed by atoms with Crippen LogP contribution in [0.3, 0.4) is 0 Å². The van der Waals surface area contributed by atoms with Gasteiger partial charge >= 0.3 is 0 Å². The Morgan fingerprint density at radius 1 is 0.286 bits per heavy atom. The standard InChI is InChI=1S/C75H52N2/c1-49-27-43-73-66(45-49)67-46-50(2)28-44-74(67)77(73)59-39-35-55(36-40-59)53-31-29-52(30-32-53)54-33-37-58(38-34-54)76(72-26-13-9-19-61(72)57-18-14-17-56(47-57)51-15-4-3-5-16-51)60-41-42-65-64-22-8-12-25-70(64)75(71(65)48-60)68-23-10-6-20-62(68)63-21-7-11-24-69(63)75/h3-48H,1-2H3. The zero-order valence-corrected chi connectivity index (χ0v) is 43.0. The molecule has 2 nitrogen and oxygen atoms in total. The molecule has 12 aromatic carbocycles. The van der Waals surface area contributed by atoms with Gasteiger partial charge in [0.1, 0.15) is 0 Å². The second kappa shape index (κ2) is 17.7. The summed E-state index contributed by atoms with van der Waals surface area (Å²) in [4.78, 5) is 2.48. The van der Waals surface area contributed by atoms with Gasteiger partial charge in [0, 0.05) is 33.4 Å². The van der Waals surface area contributed by atoms with E-state index >= 15 is 0 Å². The zero-order valence-electron chi connectivity index (χ0n) is 43.0. The minimum Gasteiger partial charge on any atom is -0.310 e. The summed E-state index contributed by atoms with van der Waals surface area (Å²) in [6.45, 7) is 4.35. The van der Waals surface area contributed by atoms with E-state index in [1.54, 1.807) is 0 Å². The Labute approximate surface area is 450 Å². The van der Waals surface area contributed by atoms with Crippen LogP contribution >= 0.6 is 0 Å². The lowest BCUT2D eigenvalue weighted by Gasteiger charge is -2.32. The van der Waals surface area contributed by atoms with Gasteiger partial charge in [0.2, 0.25) is 0 Å². The number of nitrogens with zero attached hydrogens (tertiary/aromatic N) is 2. The van der Waals surface area contributed by atoms with Gasteiger partial charge in [0.25, 0.3) is 0 Å². The summed E-state index contributed by atoms with van der Waals surface area (Å²) in [6.07, 6.45) is 0. The number of benzene rings is 12. The van der Waals surface area contributed by atoms with Crippen LogP contribution in [0.1, 0.15) is 33.4 Å². The zero-order chi connectivity index (χ0) is 51.2. The first-order chi connectivity index (χ1) is 38.0. The highest BCUT2D eigenvalue weighted by atomic mass is 15.1. The molecule has 0 amide bonds. The Morgan fingerprint density at radius 3 is 1.29 bits per heavy atom. The van der Waals surface area contributed by atoms with Gasteiger partial charge in [-0.05, 0) is 170 Å². The number of hydrogen-bond donors (Lipinski definition) is 0. The summed E-state index contributed by atoms with van der Waals surface area (Å²) >= 11 is 0. The van der Waals surface area contributed by atoms with Crippen LogP contribution in [-0.2, 0) is 5.41 Å². The lowest BCUT2D eigenvalue weighted by atomic mass is 9.70. The minimum absolute atomic E-state index is 0.465. The normalized spacial score (nSPS) is 12.6. The van der Waals surface area contributed by atoms with E-state index in [0.29, 0.717) is 0 Å². The fourth-order valence-corrected chi connectivity index (χ4v) is 13.0. The Bertz CT molecular complexity index is 4320. The molecule has 0 fully saturated rings. The summed E-state index contributed by atoms with van der Waals surface area (Å²) in [6, 6.07) is 104. The van der Waals surface area contributed by atoms with Crippen molar-refractivity contribution in [3.8, 4) is 72.4 Å². The predicted molar refractivity (Wildman–Crippen MR) is 323 cm³/mol. The summed E-state index contributed by atoms with van der Waals surface area (Å²) in [5.74, 6) is 0. The van der Waals surface area contributed by atoms with Crippen molar-refractivity contribution in [2.45, 2.75) is 19.3 Å². The molecule has 2 aliphatic rings. The summed E-state index contributed by atoms with van der Waals surface area (Å²) < 4.78 is 2.40. The van der Waals surface area contributed by atoms with Crippen LogP contribution in [-0.4, -0.2) is 4.57 Å².